The Hall–Kier alpha value is -2.77. The van der Waals surface area contributed by atoms with Gasteiger partial charge < -0.3 is 19.6 Å². The summed E-state index contributed by atoms with van der Waals surface area (Å²) in [4.78, 5) is 12.3. The lowest BCUT2D eigenvalue weighted by atomic mass is 10.1. The zero-order valence-corrected chi connectivity index (χ0v) is 16.8. The summed E-state index contributed by atoms with van der Waals surface area (Å²) >= 11 is 4.70. The van der Waals surface area contributed by atoms with Gasteiger partial charge in [0.1, 0.15) is 11.2 Å². The van der Waals surface area contributed by atoms with Crippen molar-refractivity contribution < 1.29 is 4.74 Å². The molecule has 0 saturated carbocycles. The van der Waals surface area contributed by atoms with Crippen LogP contribution in [0.25, 0.3) is 33.3 Å². The molecule has 4 rings (SSSR count). The average molecular weight is 394 g/mol. The minimum absolute atomic E-state index is 0.143. The molecule has 4 aromatic rings. The number of aromatic amines is 1. The quantitative estimate of drug-likeness (QED) is 0.325. The van der Waals surface area contributed by atoms with Crippen molar-refractivity contribution in [3.05, 3.63) is 60.7 Å². The number of hydrogen-bond donors (Lipinski definition) is 3. The van der Waals surface area contributed by atoms with Gasteiger partial charge in [0.2, 0.25) is 0 Å². The Morgan fingerprint density at radius 3 is 3.04 bits per heavy atom. The molecule has 144 valence electrons. The summed E-state index contributed by atoms with van der Waals surface area (Å²) < 4.78 is 7.12. The fraction of sp³-hybridized carbons (Fsp3) is 0.238. The second-order valence-corrected chi connectivity index (χ2v) is 7.33. The maximum absolute atomic E-state index is 5.10. The van der Waals surface area contributed by atoms with Crippen molar-refractivity contribution in [2.24, 2.45) is 7.05 Å². The average Bonchev–Trinajstić information content (AvgIpc) is 3.30. The smallest absolute Gasteiger partial charge is 0.139 e. The molecule has 28 heavy (non-hydrogen) atoms. The maximum Gasteiger partial charge on any atom is 0.139 e. The fourth-order valence-corrected chi connectivity index (χ4v) is 3.67. The van der Waals surface area contributed by atoms with Crippen molar-refractivity contribution in [2.75, 3.05) is 13.7 Å². The van der Waals surface area contributed by atoms with Crippen LogP contribution in [0.4, 0.5) is 0 Å². The molecular weight excluding hydrogens is 370 g/mol. The van der Waals surface area contributed by atoms with Gasteiger partial charge in [-0.05, 0) is 23.3 Å². The van der Waals surface area contributed by atoms with Gasteiger partial charge in [0.15, 0.2) is 0 Å². The molecule has 0 fully saturated rings. The van der Waals surface area contributed by atoms with Gasteiger partial charge in [0, 0.05) is 37.4 Å². The van der Waals surface area contributed by atoms with Crippen LogP contribution in [0, 0.1) is 0 Å². The Morgan fingerprint density at radius 2 is 2.21 bits per heavy atom. The molecule has 0 aliphatic rings. The molecule has 7 heteroatoms. The van der Waals surface area contributed by atoms with E-state index in [-0.39, 0.29) is 5.37 Å². The third kappa shape index (κ3) is 3.50. The summed E-state index contributed by atoms with van der Waals surface area (Å²) in [6.07, 6.45) is 4.36. The maximum atomic E-state index is 5.10. The molecule has 1 aromatic carbocycles. The lowest BCUT2D eigenvalue weighted by Crippen LogP contribution is -2.16. The van der Waals surface area contributed by atoms with Gasteiger partial charge in [-0.25, -0.2) is 9.97 Å². The number of rotatable bonds is 7. The van der Waals surface area contributed by atoms with Crippen LogP contribution in [0.2, 0.25) is 0 Å². The number of H-pyrrole nitrogens is 1. The van der Waals surface area contributed by atoms with Crippen LogP contribution in [0.15, 0.2) is 55.1 Å². The van der Waals surface area contributed by atoms with E-state index in [0.29, 0.717) is 6.61 Å². The highest BCUT2D eigenvalue weighted by Crippen LogP contribution is 2.30. The largest absolute Gasteiger partial charge is 0.384 e. The zero-order chi connectivity index (χ0) is 19.7. The van der Waals surface area contributed by atoms with E-state index in [1.165, 1.54) is 0 Å². The standard InChI is InChI=1S/C21H23N5OS/c1-13(7-8-27-3)24-21(28)15-6-4-5-14(9-15)17-10-16-19-18(23-12-26(19)2)11-22-20(16)25-17/h4-6,9-12,21,24,28H,1,7-8H2,2-3H3,(H,22,25). The number of ether oxygens (including phenoxy) is 1. The van der Waals surface area contributed by atoms with E-state index < -0.39 is 0 Å². The van der Waals surface area contributed by atoms with E-state index in [9.17, 15) is 0 Å². The number of benzene rings is 1. The van der Waals surface area contributed by atoms with Crippen molar-refractivity contribution in [1.29, 1.82) is 0 Å². The van der Waals surface area contributed by atoms with E-state index in [1.807, 2.05) is 24.0 Å². The van der Waals surface area contributed by atoms with Crippen molar-refractivity contribution in [2.45, 2.75) is 11.8 Å². The third-order valence-electron chi connectivity index (χ3n) is 4.80. The molecule has 0 bridgehead atoms. The Kier molecular flexibility index (Phi) is 5.11. The Labute approximate surface area is 169 Å². The molecule has 3 aromatic heterocycles. The predicted molar refractivity (Wildman–Crippen MR) is 116 cm³/mol. The predicted octanol–water partition coefficient (Wildman–Crippen LogP) is 4.18. The molecule has 0 amide bonds. The van der Waals surface area contributed by atoms with Gasteiger partial charge >= 0.3 is 0 Å². The first-order chi connectivity index (χ1) is 13.6. The Bertz CT molecular complexity index is 1150. The van der Waals surface area contributed by atoms with Gasteiger partial charge in [0.05, 0.1) is 30.0 Å². The van der Waals surface area contributed by atoms with Gasteiger partial charge in [0.25, 0.3) is 0 Å². The second-order valence-electron chi connectivity index (χ2n) is 6.81. The highest BCUT2D eigenvalue weighted by atomic mass is 32.1. The summed E-state index contributed by atoms with van der Waals surface area (Å²) in [5.41, 5.74) is 6.88. The van der Waals surface area contributed by atoms with Gasteiger partial charge in [-0.1, -0.05) is 24.8 Å². The van der Waals surface area contributed by atoms with Crippen molar-refractivity contribution in [3.8, 4) is 11.3 Å². The molecule has 0 spiro atoms. The number of nitrogens with zero attached hydrogens (tertiary/aromatic N) is 3. The molecule has 6 nitrogen and oxygen atoms in total. The molecule has 3 heterocycles. The van der Waals surface area contributed by atoms with Crippen LogP contribution in [0.1, 0.15) is 17.4 Å². The van der Waals surface area contributed by atoms with Gasteiger partial charge in [-0.2, -0.15) is 0 Å². The minimum Gasteiger partial charge on any atom is -0.384 e. The van der Waals surface area contributed by atoms with E-state index in [4.69, 9.17) is 17.4 Å². The SMILES string of the molecule is C=C(CCOC)NC(S)c1cccc(-c2cc3c(ncc4ncn(C)c43)[nH]2)c1. The molecule has 0 aliphatic carbocycles. The number of pyridine rings is 1. The summed E-state index contributed by atoms with van der Waals surface area (Å²) in [6, 6.07) is 10.4. The normalized spacial score (nSPS) is 12.5. The molecule has 1 unspecified atom stereocenters. The first-order valence-electron chi connectivity index (χ1n) is 9.07. The Balaban J connectivity index is 1.65. The van der Waals surface area contributed by atoms with Crippen molar-refractivity contribution in [3.63, 3.8) is 0 Å². The van der Waals surface area contributed by atoms with E-state index in [0.717, 1.165) is 51.0 Å². The van der Waals surface area contributed by atoms with Crippen LogP contribution in [0.5, 0.6) is 0 Å². The zero-order valence-electron chi connectivity index (χ0n) is 15.9. The number of thiol groups is 1. The second kappa shape index (κ2) is 7.69. The van der Waals surface area contributed by atoms with Crippen LogP contribution < -0.4 is 5.32 Å². The van der Waals surface area contributed by atoms with E-state index in [2.05, 4.69) is 51.1 Å². The van der Waals surface area contributed by atoms with Gasteiger partial charge in [-0.15, -0.1) is 12.6 Å². The molecule has 0 aliphatic heterocycles. The number of fused-ring (bicyclic) bond motifs is 3. The van der Waals surface area contributed by atoms with E-state index >= 15 is 0 Å². The van der Waals surface area contributed by atoms with Crippen LogP contribution in [-0.2, 0) is 11.8 Å². The Morgan fingerprint density at radius 1 is 1.36 bits per heavy atom. The highest BCUT2D eigenvalue weighted by molar-refractivity contribution is 7.80. The molecular formula is C21H23N5OS. The number of aryl methyl sites for hydroxylation is 1. The van der Waals surface area contributed by atoms with Gasteiger partial charge in [-0.3, -0.25) is 0 Å². The summed E-state index contributed by atoms with van der Waals surface area (Å²) in [5, 5.41) is 4.24. The third-order valence-corrected chi connectivity index (χ3v) is 5.22. The number of methoxy groups -OCH3 is 1. The lowest BCUT2D eigenvalue weighted by Gasteiger charge is -2.17. The summed E-state index contributed by atoms with van der Waals surface area (Å²) in [7, 11) is 3.68. The topological polar surface area (TPSA) is 67.8 Å². The lowest BCUT2D eigenvalue weighted by molar-refractivity contribution is 0.200. The van der Waals surface area contributed by atoms with Crippen LogP contribution in [0.3, 0.4) is 0 Å². The number of hydrogen-bond acceptors (Lipinski definition) is 5. The highest BCUT2D eigenvalue weighted by Gasteiger charge is 2.13. The number of imidazole rings is 1. The monoisotopic (exact) mass is 393 g/mol. The molecule has 2 N–H and O–H groups in total. The number of aromatic nitrogens is 4. The first-order valence-corrected chi connectivity index (χ1v) is 9.59. The minimum atomic E-state index is -0.143. The van der Waals surface area contributed by atoms with E-state index in [1.54, 1.807) is 13.3 Å². The van der Waals surface area contributed by atoms with Crippen LogP contribution in [-0.4, -0.2) is 33.2 Å². The van der Waals surface area contributed by atoms with Crippen molar-refractivity contribution in [1.82, 2.24) is 24.8 Å². The molecule has 0 radical (unpaired) electrons. The fourth-order valence-electron chi connectivity index (χ4n) is 3.33. The summed E-state index contributed by atoms with van der Waals surface area (Å²) in [5.74, 6) is 0. The van der Waals surface area contributed by atoms with Crippen LogP contribution >= 0.6 is 12.6 Å². The summed E-state index contributed by atoms with van der Waals surface area (Å²) in [6.45, 7) is 4.67. The molecule has 0 saturated heterocycles. The molecule has 1 atom stereocenters. The number of nitrogens with one attached hydrogen (secondary N) is 2. The first kappa shape index (κ1) is 18.6. The van der Waals surface area contributed by atoms with Crippen molar-refractivity contribution >= 4 is 34.7 Å².